The molecule has 1 aliphatic heterocycles. The van der Waals surface area contributed by atoms with Crippen LogP contribution in [0.4, 0.5) is 0 Å². The first kappa shape index (κ1) is 31.5. The van der Waals surface area contributed by atoms with Gasteiger partial charge in [-0.25, -0.2) is 10.2 Å². The summed E-state index contributed by atoms with van der Waals surface area (Å²) in [4.78, 5) is 25.5. The summed E-state index contributed by atoms with van der Waals surface area (Å²) in [6, 6.07) is 25.8. The van der Waals surface area contributed by atoms with E-state index in [2.05, 4.69) is 39.4 Å². The molecule has 0 aliphatic carbocycles. The van der Waals surface area contributed by atoms with Gasteiger partial charge in [0.05, 0.1) is 24.4 Å². The van der Waals surface area contributed by atoms with E-state index in [1.54, 1.807) is 50.2 Å². The molecule has 4 aromatic carbocycles. The number of nitrogens with one attached hydrogen (secondary N) is 3. The molecule has 1 amide bonds. The van der Waals surface area contributed by atoms with Gasteiger partial charge in [0.15, 0.2) is 11.7 Å². The standard InChI is InChI=1S/C34H31ClN4O5S/c1-3-42-33(41)31-21(2)37-34(45)38-32(31)27-13-6-7-14-29(27)44-20-30(40)39-36-18-24-17-25(35)15-16-28(24)43-19-23-11-8-10-22-9-4-5-12-26(22)23/h4-18,32H,3,19-20H2,1-2H3,(H,39,40)(H2,37,38,45)/t32-/m0/s1. The molecular weight excluding hydrogens is 612 g/mol. The van der Waals surface area contributed by atoms with Crippen molar-refractivity contribution in [2.45, 2.75) is 26.5 Å². The van der Waals surface area contributed by atoms with Crippen LogP contribution >= 0.6 is 23.8 Å². The Morgan fingerprint density at radius 2 is 1.78 bits per heavy atom. The van der Waals surface area contributed by atoms with Crippen LogP contribution in [0, 0.1) is 0 Å². The van der Waals surface area contributed by atoms with E-state index in [0.717, 1.165) is 16.3 Å². The topological polar surface area (TPSA) is 110 Å². The summed E-state index contributed by atoms with van der Waals surface area (Å²) in [5.41, 5.74) is 5.68. The zero-order chi connectivity index (χ0) is 31.8. The number of nitrogens with zero attached hydrogens (tertiary/aromatic N) is 1. The van der Waals surface area contributed by atoms with Crippen molar-refractivity contribution in [3.8, 4) is 11.5 Å². The predicted molar refractivity (Wildman–Crippen MR) is 178 cm³/mol. The Balaban J connectivity index is 1.24. The van der Waals surface area contributed by atoms with Crippen molar-refractivity contribution in [1.29, 1.82) is 0 Å². The van der Waals surface area contributed by atoms with Crippen LogP contribution in [0.15, 0.2) is 101 Å². The molecule has 1 atom stereocenters. The van der Waals surface area contributed by atoms with Crippen LogP contribution in [0.2, 0.25) is 5.02 Å². The lowest BCUT2D eigenvalue weighted by Crippen LogP contribution is -2.45. The molecule has 0 bridgehead atoms. The number of hydrogen-bond acceptors (Lipinski definition) is 7. The number of allylic oxidation sites excluding steroid dienone is 1. The maximum Gasteiger partial charge on any atom is 0.338 e. The van der Waals surface area contributed by atoms with Gasteiger partial charge in [0.2, 0.25) is 0 Å². The van der Waals surface area contributed by atoms with Gasteiger partial charge in [0.25, 0.3) is 5.91 Å². The number of halogens is 1. The lowest BCUT2D eigenvalue weighted by molar-refractivity contribution is -0.139. The van der Waals surface area contributed by atoms with Crippen molar-refractivity contribution in [3.63, 3.8) is 0 Å². The van der Waals surface area contributed by atoms with Crippen molar-refractivity contribution in [2.24, 2.45) is 5.10 Å². The largest absolute Gasteiger partial charge is 0.488 e. The van der Waals surface area contributed by atoms with E-state index in [-0.39, 0.29) is 13.2 Å². The van der Waals surface area contributed by atoms with Gasteiger partial charge in [0.1, 0.15) is 18.1 Å². The number of thiocarbonyl (C=S) groups is 1. The zero-order valence-corrected chi connectivity index (χ0v) is 26.2. The Bertz CT molecular complexity index is 1800. The fourth-order valence-electron chi connectivity index (χ4n) is 4.93. The van der Waals surface area contributed by atoms with Crippen LogP contribution in [-0.4, -0.2) is 36.4 Å². The van der Waals surface area contributed by atoms with Crippen LogP contribution in [0.1, 0.15) is 36.6 Å². The number of carbonyl (C=O) groups is 2. The summed E-state index contributed by atoms with van der Waals surface area (Å²) >= 11 is 11.6. The lowest BCUT2D eigenvalue weighted by Gasteiger charge is -2.30. The average Bonchev–Trinajstić information content (AvgIpc) is 3.03. The number of carbonyl (C=O) groups excluding carboxylic acids is 2. The highest BCUT2D eigenvalue weighted by Gasteiger charge is 2.32. The minimum atomic E-state index is -0.634. The van der Waals surface area contributed by atoms with Gasteiger partial charge in [-0.3, -0.25) is 4.79 Å². The number of esters is 1. The van der Waals surface area contributed by atoms with E-state index in [9.17, 15) is 9.59 Å². The first-order chi connectivity index (χ1) is 21.8. The predicted octanol–water partition coefficient (Wildman–Crippen LogP) is 5.96. The third kappa shape index (κ3) is 7.78. The molecule has 0 aromatic heterocycles. The van der Waals surface area contributed by atoms with Gasteiger partial charge in [-0.15, -0.1) is 0 Å². The second kappa shape index (κ2) is 14.7. The van der Waals surface area contributed by atoms with E-state index in [0.29, 0.717) is 50.6 Å². The monoisotopic (exact) mass is 642 g/mol. The molecule has 9 nitrogen and oxygen atoms in total. The normalized spacial score (nSPS) is 14.6. The van der Waals surface area contributed by atoms with Gasteiger partial charge < -0.3 is 24.8 Å². The minimum Gasteiger partial charge on any atom is -0.488 e. The van der Waals surface area contributed by atoms with Crippen LogP contribution in [0.3, 0.4) is 0 Å². The molecule has 0 unspecified atom stereocenters. The fraction of sp³-hybridized carbons (Fsp3) is 0.176. The molecule has 0 saturated carbocycles. The molecule has 11 heteroatoms. The molecule has 230 valence electrons. The smallest absolute Gasteiger partial charge is 0.338 e. The Hall–Kier alpha value is -4.93. The number of para-hydroxylation sites is 1. The molecule has 0 fully saturated rings. The zero-order valence-electron chi connectivity index (χ0n) is 24.6. The van der Waals surface area contributed by atoms with Gasteiger partial charge >= 0.3 is 5.97 Å². The fourth-order valence-corrected chi connectivity index (χ4v) is 5.38. The number of amides is 1. The third-order valence-corrected chi connectivity index (χ3v) is 7.44. The lowest BCUT2D eigenvalue weighted by atomic mass is 9.95. The second-order valence-electron chi connectivity index (χ2n) is 10.0. The number of fused-ring (bicyclic) bond motifs is 1. The second-order valence-corrected chi connectivity index (χ2v) is 10.9. The maximum absolute atomic E-state index is 12.8. The van der Waals surface area contributed by atoms with E-state index < -0.39 is 17.9 Å². The number of benzene rings is 4. The SMILES string of the molecule is CCOC(=O)C1=C(C)NC(=S)N[C@H]1c1ccccc1OCC(=O)NN=Cc1cc(Cl)ccc1OCc1cccc2ccccc12. The molecule has 0 spiro atoms. The van der Waals surface area contributed by atoms with Crippen molar-refractivity contribution in [2.75, 3.05) is 13.2 Å². The number of hydrazone groups is 1. The minimum absolute atomic E-state index is 0.221. The van der Waals surface area contributed by atoms with Crippen molar-refractivity contribution in [3.05, 3.63) is 118 Å². The summed E-state index contributed by atoms with van der Waals surface area (Å²) in [7, 11) is 0. The highest BCUT2D eigenvalue weighted by Crippen LogP contribution is 2.33. The highest BCUT2D eigenvalue weighted by molar-refractivity contribution is 7.80. The molecule has 4 aromatic rings. The Kier molecular flexibility index (Phi) is 10.3. The first-order valence-electron chi connectivity index (χ1n) is 14.2. The van der Waals surface area contributed by atoms with Crippen LogP contribution in [0.25, 0.3) is 10.8 Å². The summed E-state index contributed by atoms with van der Waals surface area (Å²) in [6.07, 6.45) is 1.47. The first-order valence-corrected chi connectivity index (χ1v) is 15.0. The summed E-state index contributed by atoms with van der Waals surface area (Å²) in [5, 5.41) is 13.3. The van der Waals surface area contributed by atoms with Crippen LogP contribution in [0.5, 0.6) is 11.5 Å². The molecular formula is C34H31ClN4O5S. The van der Waals surface area contributed by atoms with E-state index in [1.165, 1.54) is 6.21 Å². The Labute approximate surface area is 271 Å². The van der Waals surface area contributed by atoms with Gasteiger partial charge in [-0.05, 0) is 66.7 Å². The maximum atomic E-state index is 12.8. The average molecular weight is 643 g/mol. The summed E-state index contributed by atoms with van der Waals surface area (Å²) < 4.78 is 17.3. The van der Waals surface area contributed by atoms with Crippen LogP contribution < -0.4 is 25.5 Å². The number of hydrogen-bond donors (Lipinski definition) is 3. The summed E-state index contributed by atoms with van der Waals surface area (Å²) in [6.45, 7) is 3.72. The molecule has 1 heterocycles. The Morgan fingerprint density at radius 1 is 1.00 bits per heavy atom. The summed E-state index contributed by atoms with van der Waals surface area (Å²) in [5.74, 6) is -0.0191. The molecule has 1 aliphatic rings. The molecule has 3 N–H and O–H groups in total. The van der Waals surface area contributed by atoms with Gasteiger partial charge in [-0.1, -0.05) is 72.3 Å². The third-order valence-electron chi connectivity index (χ3n) is 6.98. The number of ether oxygens (including phenoxy) is 3. The van der Waals surface area contributed by atoms with Crippen molar-refractivity contribution in [1.82, 2.24) is 16.1 Å². The quantitative estimate of drug-likeness (QED) is 0.0796. The van der Waals surface area contributed by atoms with Crippen molar-refractivity contribution >= 4 is 57.8 Å². The van der Waals surface area contributed by atoms with E-state index in [4.69, 9.17) is 38.0 Å². The molecule has 5 rings (SSSR count). The van der Waals surface area contributed by atoms with Gasteiger partial charge in [-0.2, -0.15) is 5.10 Å². The van der Waals surface area contributed by atoms with E-state index >= 15 is 0 Å². The van der Waals surface area contributed by atoms with Gasteiger partial charge in [0, 0.05) is 21.8 Å². The number of rotatable bonds is 11. The highest BCUT2D eigenvalue weighted by atomic mass is 35.5. The Morgan fingerprint density at radius 3 is 2.62 bits per heavy atom. The molecule has 45 heavy (non-hydrogen) atoms. The van der Waals surface area contributed by atoms with Crippen molar-refractivity contribution < 1.29 is 23.8 Å². The van der Waals surface area contributed by atoms with Crippen LogP contribution in [-0.2, 0) is 20.9 Å². The molecule has 0 radical (unpaired) electrons. The van der Waals surface area contributed by atoms with E-state index in [1.807, 2.05) is 30.3 Å². The molecule has 0 saturated heterocycles.